The highest BCUT2D eigenvalue weighted by molar-refractivity contribution is 5.22. The zero-order chi connectivity index (χ0) is 14.0. The van der Waals surface area contributed by atoms with Crippen LogP contribution in [0.3, 0.4) is 0 Å². The fourth-order valence-electron chi connectivity index (χ4n) is 3.16. The van der Waals surface area contributed by atoms with Crippen LogP contribution in [0, 0.1) is 5.92 Å². The number of hydrogen-bond acceptors (Lipinski definition) is 3. The Bertz CT molecular complexity index is 316. The van der Waals surface area contributed by atoms with E-state index in [0.717, 1.165) is 38.5 Å². The van der Waals surface area contributed by atoms with Crippen molar-refractivity contribution in [2.75, 3.05) is 19.6 Å². The summed E-state index contributed by atoms with van der Waals surface area (Å²) >= 11 is 0. The maximum absolute atomic E-state index is 5.59. The maximum Gasteiger partial charge on any atom is 0.0296 e. The van der Waals surface area contributed by atoms with Crippen LogP contribution in [0.4, 0.5) is 0 Å². The molecule has 0 saturated heterocycles. The Labute approximate surface area is 124 Å². The van der Waals surface area contributed by atoms with Gasteiger partial charge in [-0.1, -0.05) is 31.4 Å². The topological polar surface area (TPSA) is 50.1 Å². The van der Waals surface area contributed by atoms with Gasteiger partial charge in [-0.2, -0.15) is 0 Å². The van der Waals surface area contributed by atoms with E-state index in [0.29, 0.717) is 5.92 Å². The molecule has 3 nitrogen and oxygen atoms in total. The summed E-state index contributed by atoms with van der Waals surface area (Å²) in [6.45, 7) is 3.00. The quantitative estimate of drug-likeness (QED) is 0.598. The van der Waals surface area contributed by atoms with E-state index in [4.69, 9.17) is 5.73 Å². The summed E-state index contributed by atoms with van der Waals surface area (Å²) in [5, 5.41) is 7.22. The molecule has 1 fully saturated rings. The molecule has 0 aromatic heterocycles. The molecule has 0 radical (unpaired) electrons. The molecule has 1 unspecified atom stereocenters. The van der Waals surface area contributed by atoms with E-state index in [1.807, 2.05) is 0 Å². The molecule has 0 bridgehead atoms. The smallest absolute Gasteiger partial charge is 0.0296 e. The zero-order valence-corrected chi connectivity index (χ0v) is 12.7. The highest BCUT2D eigenvalue weighted by Crippen LogP contribution is 2.18. The third kappa shape index (κ3) is 5.68. The van der Waals surface area contributed by atoms with Crippen LogP contribution in [0.15, 0.2) is 23.9 Å². The monoisotopic (exact) mass is 277 g/mol. The van der Waals surface area contributed by atoms with Crippen molar-refractivity contribution >= 4 is 0 Å². The highest BCUT2D eigenvalue weighted by Gasteiger charge is 2.11. The Morgan fingerprint density at radius 3 is 2.70 bits per heavy atom. The van der Waals surface area contributed by atoms with Gasteiger partial charge in [-0.3, -0.25) is 0 Å². The molecule has 0 heterocycles. The first-order chi connectivity index (χ1) is 9.88. The van der Waals surface area contributed by atoms with E-state index in [2.05, 4.69) is 28.9 Å². The van der Waals surface area contributed by atoms with Crippen molar-refractivity contribution in [3.05, 3.63) is 23.9 Å². The number of allylic oxidation sites excluding steroid dienone is 3. The maximum atomic E-state index is 5.59. The van der Waals surface area contributed by atoms with Crippen molar-refractivity contribution in [3.8, 4) is 0 Å². The van der Waals surface area contributed by atoms with Gasteiger partial charge in [-0.05, 0) is 57.2 Å². The largest absolute Gasteiger partial charge is 0.385 e. The van der Waals surface area contributed by atoms with Crippen LogP contribution < -0.4 is 16.4 Å². The SMILES string of the molecule is NCCC1C=CC(NCCCNC2CCCCC2)=CC1. The second-order valence-corrected chi connectivity index (χ2v) is 6.16. The second kappa shape index (κ2) is 9.19. The molecule has 0 spiro atoms. The Morgan fingerprint density at radius 1 is 1.15 bits per heavy atom. The van der Waals surface area contributed by atoms with Gasteiger partial charge >= 0.3 is 0 Å². The summed E-state index contributed by atoms with van der Waals surface area (Å²) in [7, 11) is 0. The van der Waals surface area contributed by atoms with E-state index in [9.17, 15) is 0 Å². The minimum atomic E-state index is 0.651. The van der Waals surface area contributed by atoms with Crippen LogP contribution in [0.1, 0.15) is 51.4 Å². The van der Waals surface area contributed by atoms with Crippen LogP contribution in [0.2, 0.25) is 0 Å². The van der Waals surface area contributed by atoms with Crippen molar-refractivity contribution in [1.82, 2.24) is 10.6 Å². The second-order valence-electron chi connectivity index (χ2n) is 6.16. The van der Waals surface area contributed by atoms with Crippen molar-refractivity contribution in [2.45, 2.75) is 57.4 Å². The normalized spacial score (nSPS) is 23.6. The number of nitrogens with one attached hydrogen (secondary N) is 2. The van der Waals surface area contributed by atoms with Crippen LogP contribution in [0.25, 0.3) is 0 Å². The van der Waals surface area contributed by atoms with Gasteiger partial charge in [0.1, 0.15) is 0 Å². The summed E-state index contributed by atoms with van der Waals surface area (Å²) in [5.41, 5.74) is 6.88. The predicted molar refractivity (Wildman–Crippen MR) is 86.5 cm³/mol. The molecule has 4 N–H and O–H groups in total. The van der Waals surface area contributed by atoms with Crippen molar-refractivity contribution in [3.63, 3.8) is 0 Å². The minimum absolute atomic E-state index is 0.651. The van der Waals surface area contributed by atoms with E-state index in [1.54, 1.807) is 0 Å². The standard InChI is InChI=1S/C17H31N3/c18-12-11-15-7-9-17(10-8-15)20-14-4-13-19-16-5-2-1-3-6-16/h7,9-10,15-16,19-20H,1-6,8,11-14,18H2. The third-order valence-electron chi connectivity index (χ3n) is 4.45. The fourth-order valence-corrected chi connectivity index (χ4v) is 3.16. The Kier molecular flexibility index (Phi) is 7.16. The summed E-state index contributed by atoms with van der Waals surface area (Å²) in [4.78, 5) is 0. The van der Waals surface area contributed by atoms with Crippen LogP contribution >= 0.6 is 0 Å². The van der Waals surface area contributed by atoms with E-state index in [1.165, 1.54) is 44.2 Å². The first-order valence-electron chi connectivity index (χ1n) is 8.44. The Balaban J connectivity index is 1.50. The molecule has 3 heteroatoms. The Hall–Kier alpha value is -0.800. The molecule has 0 amide bonds. The van der Waals surface area contributed by atoms with Gasteiger partial charge in [0, 0.05) is 18.3 Å². The van der Waals surface area contributed by atoms with Crippen molar-refractivity contribution in [2.24, 2.45) is 11.7 Å². The first kappa shape index (κ1) is 15.6. The molecule has 0 aliphatic heterocycles. The summed E-state index contributed by atoms with van der Waals surface area (Å²) in [5.74, 6) is 0.651. The van der Waals surface area contributed by atoms with Gasteiger partial charge in [0.2, 0.25) is 0 Å². The molecule has 0 aromatic carbocycles. The fraction of sp³-hybridized carbons (Fsp3) is 0.765. The number of rotatable bonds is 8. The number of nitrogens with two attached hydrogens (primary N) is 1. The number of hydrogen-bond donors (Lipinski definition) is 3. The van der Waals surface area contributed by atoms with Gasteiger partial charge in [0.15, 0.2) is 0 Å². The molecule has 2 rings (SSSR count). The lowest BCUT2D eigenvalue weighted by atomic mass is 9.95. The van der Waals surface area contributed by atoms with E-state index in [-0.39, 0.29) is 0 Å². The van der Waals surface area contributed by atoms with Gasteiger partial charge < -0.3 is 16.4 Å². The third-order valence-corrected chi connectivity index (χ3v) is 4.45. The van der Waals surface area contributed by atoms with Gasteiger partial charge in [-0.15, -0.1) is 0 Å². The molecule has 20 heavy (non-hydrogen) atoms. The summed E-state index contributed by atoms with van der Waals surface area (Å²) < 4.78 is 0. The highest BCUT2D eigenvalue weighted by atomic mass is 14.9. The lowest BCUT2D eigenvalue weighted by Crippen LogP contribution is -2.33. The van der Waals surface area contributed by atoms with Gasteiger partial charge in [0.25, 0.3) is 0 Å². The van der Waals surface area contributed by atoms with Gasteiger partial charge in [-0.25, -0.2) is 0 Å². The average molecular weight is 277 g/mol. The average Bonchev–Trinajstić information content (AvgIpc) is 2.50. The lowest BCUT2D eigenvalue weighted by Gasteiger charge is -2.23. The molecule has 114 valence electrons. The molecule has 2 aliphatic carbocycles. The first-order valence-corrected chi connectivity index (χ1v) is 8.44. The van der Waals surface area contributed by atoms with Crippen molar-refractivity contribution in [1.29, 1.82) is 0 Å². The minimum Gasteiger partial charge on any atom is -0.385 e. The molecule has 1 atom stereocenters. The molecular weight excluding hydrogens is 246 g/mol. The summed E-state index contributed by atoms with van der Waals surface area (Å²) in [6.07, 6.45) is 17.3. The van der Waals surface area contributed by atoms with Gasteiger partial charge in [0.05, 0.1) is 0 Å². The molecule has 2 aliphatic rings. The summed E-state index contributed by atoms with van der Waals surface area (Å²) in [6, 6.07) is 0.787. The Morgan fingerprint density at radius 2 is 2.00 bits per heavy atom. The van der Waals surface area contributed by atoms with E-state index < -0.39 is 0 Å². The van der Waals surface area contributed by atoms with Crippen LogP contribution in [0.5, 0.6) is 0 Å². The van der Waals surface area contributed by atoms with Crippen molar-refractivity contribution < 1.29 is 0 Å². The molecule has 0 aromatic rings. The van der Waals surface area contributed by atoms with E-state index >= 15 is 0 Å². The molecule has 1 saturated carbocycles. The zero-order valence-electron chi connectivity index (χ0n) is 12.7. The lowest BCUT2D eigenvalue weighted by molar-refractivity contribution is 0.372. The molecular formula is C17H31N3. The predicted octanol–water partition coefficient (Wildman–Crippen LogP) is 2.70. The van der Waals surface area contributed by atoms with Crippen LogP contribution in [-0.2, 0) is 0 Å². The van der Waals surface area contributed by atoms with Crippen LogP contribution in [-0.4, -0.2) is 25.7 Å².